The molecule has 0 spiro atoms. The van der Waals surface area contributed by atoms with Crippen LogP contribution in [0.1, 0.15) is 63.9 Å². The minimum atomic E-state index is -0.0270. The maximum Gasteiger partial charge on any atom is 0.321 e. The first-order chi connectivity index (χ1) is 16.5. The molecule has 1 N–H and O–H groups in total. The lowest BCUT2D eigenvalue weighted by Crippen LogP contribution is -2.49. The third kappa shape index (κ3) is 5.21. The molecule has 2 aromatic rings. The number of piperidine rings is 2. The lowest BCUT2D eigenvalue weighted by Gasteiger charge is -2.41. The van der Waals surface area contributed by atoms with Crippen LogP contribution < -0.4 is 10.1 Å². The Kier molecular flexibility index (Phi) is 7.03. The Hall–Kier alpha value is -2.24. The number of anilines is 1. The van der Waals surface area contributed by atoms with Gasteiger partial charge in [0.15, 0.2) is 0 Å². The fourth-order valence-corrected chi connectivity index (χ4v) is 6.39. The molecule has 3 saturated heterocycles. The summed E-state index contributed by atoms with van der Waals surface area (Å²) in [5.41, 5.74) is 2.12. The molecule has 5 rings (SSSR count). The highest BCUT2D eigenvalue weighted by Gasteiger charge is 2.42. The fourth-order valence-electron chi connectivity index (χ4n) is 6.27. The monoisotopic (exact) mass is 481 g/mol. The van der Waals surface area contributed by atoms with Crippen LogP contribution >= 0.6 is 11.6 Å². The molecule has 182 valence electrons. The Morgan fingerprint density at radius 1 is 0.941 bits per heavy atom. The van der Waals surface area contributed by atoms with Crippen molar-refractivity contribution < 1.29 is 9.53 Å². The third-order valence-electron chi connectivity index (χ3n) is 7.87. The molecule has 2 aromatic carbocycles. The Labute approximate surface area is 208 Å². The Bertz CT molecular complexity index is 956. The summed E-state index contributed by atoms with van der Waals surface area (Å²) in [6.07, 6.45) is 7.04. The molecule has 3 heterocycles. The number of amides is 2. The lowest BCUT2D eigenvalue weighted by atomic mass is 9.89. The number of rotatable bonds is 5. The van der Waals surface area contributed by atoms with Crippen LogP contribution in [0.5, 0.6) is 5.75 Å². The number of carbonyl (C=O) groups is 1. The predicted octanol–water partition coefficient (Wildman–Crippen LogP) is 6.53. The summed E-state index contributed by atoms with van der Waals surface area (Å²) in [7, 11) is 0. The average Bonchev–Trinajstić information content (AvgIpc) is 3.12. The zero-order valence-electron chi connectivity index (χ0n) is 20.3. The molecule has 3 aliphatic rings. The highest BCUT2D eigenvalue weighted by Crippen LogP contribution is 2.38. The van der Waals surface area contributed by atoms with Gasteiger partial charge < -0.3 is 15.0 Å². The van der Waals surface area contributed by atoms with Crippen molar-refractivity contribution in [3.63, 3.8) is 0 Å². The van der Waals surface area contributed by atoms with Crippen molar-refractivity contribution in [3.05, 3.63) is 59.1 Å². The fraction of sp³-hybridized carbons (Fsp3) is 0.536. The normalized spacial score (nSPS) is 25.5. The van der Waals surface area contributed by atoms with E-state index in [1.54, 1.807) is 0 Å². The van der Waals surface area contributed by atoms with Crippen molar-refractivity contribution in [1.29, 1.82) is 0 Å². The van der Waals surface area contributed by atoms with E-state index in [0.717, 1.165) is 55.2 Å². The van der Waals surface area contributed by atoms with Crippen LogP contribution in [0.2, 0.25) is 5.02 Å². The molecule has 34 heavy (non-hydrogen) atoms. The quantitative estimate of drug-likeness (QED) is 0.527. The van der Waals surface area contributed by atoms with Crippen molar-refractivity contribution in [1.82, 2.24) is 9.80 Å². The van der Waals surface area contributed by atoms with Crippen LogP contribution in [0, 0.1) is 0 Å². The Morgan fingerprint density at radius 3 is 2.15 bits per heavy atom. The zero-order valence-corrected chi connectivity index (χ0v) is 21.0. The second-order valence-corrected chi connectivity index (χ2v) is 10.8. The molecule has 2 bridgehead atoms. The molecule has 0 saturated carbocycles. The first kappa shape index (κ1) is 23.5. The van der Waals surface area contributed by atoms with Crippen LogP contribution in [0.15, 0.2) is 48.5 Å². The maximum absolute atomic E-state index is 12.8. The van der Waals surface area contributed by atoms with Crippen LogP contribution in [0.4, 0.5) is 10.5 Å². The number of nitrogens with zero attached hydrogens (tertiary/aromatic N) is 2. The van der Waals surface area contributed by atoms with E-state index in [0.29, 0.717) is 24.0 Å². The summed E-state index contributed by atoms with van der Waals surface area (Å²) in [5.74, 6) is 1.38. The van der Waals surface area contributed by atoms with Crippen LogP contribution in [-0.4, -0.2) is 53.1 Å². The van der Waals surface area contributed by atoms with Gasteiger partial charge in [-0.3, -0.25) is 4.90 Å². The van der Waals surface area contributed by atoms with Gasteiger partial charge in [0.2, 0.25) is 0 Å². The number of likely N-dealkylation sites (tertiary alicyclic amines) is 1. The van der Waals surface area contributed by atoms with E-state index >= 15 is 0 Å². The van der Waals surface area contributed by atoms with Gasteiger partial charge >= 0.3 is 6.03 Å². The summed E-state index contributed by atoms with van der Waals surface area (Å²) in [4.78, 5) is 17.4. The molecule has 5 nitrogen and oxygen atoms in total. The minimum Gasteiger partial charge on any atom is -0.490 e. The van der Waals surface area contributed by atoms with Gasteiger partial charge in [0.25, 0.3) is 0 Å². The number of fused-ring (bicyclic) bond motifs is 2. The molecular weight excluding hydrogens is 446 g/mol. The first-order valence-corrected chi connectivity index (χ1v) is 13.2. The molecular formula is C28H36ClN3O2. The topological polar surface area (TPSA) is 44.8 Å². The summed E-state index contributed by atoms with van der Waals surface area (Å²) in [5, 5.41) is 3.82. The predicted molar refractivity (Wildman–Crippen MR) is 138 cm³/mol. The zero-order chi connectivity index (χ0) is 23.7. The number of halogens is 1. The van der Waals surface area contributed by atoms with E-state index in [4.69, 9.17) is 16.3 Å². The SMILES string of the molecule is CC(C)N1[C@@H]2CC[C@H]1CC(Oc1ccc(NC(=O)N3CCC(c4ccc(Cl)cc4)CC3)cc1)C2. The highest BCUT2D eigenvalue weighted by molar-refractivity contribution is 6.30. The largest absolute Gasteiger partial charge is 0.490 e. The van der Waals surface area contributed by atoms with Gasteiger partial charge in [-0.2, -0.15) is 0 Å². The standard InChI is InChI=1S/C28H36ClN3O2/c1-19(2)32-24-9-10-25(32)18-27(17-24)34-26-11-7-23(8-12-26)30-28(33)31-15-13-21(14-16-31)20-3-5-22(29)6-4-20/h3-8,11-12,19,21,24-25,27H,9-10,13-18H2,1-2H3,(H,30,33)/t24-,25+,27?. The molecule has 3 atom stereocenters. The van der Waals surface area contributed by atoms with Crippen LogP contribution in [-0.2, 0) is 0 Å². The van der Waals surface area contributed by atoms with E-state index in [-0.39, 0.29) is 12.1 Å². The number of benzene rings is 2. The van der Waals surface area contributed by atoms with Crippen LogP contribution in [0.3, 0.4) is 0 Å². The third-order valence-corrected chi connectivity index (χ3v) is 8.13. The Balaban J connectivity index is 1.10. The van der Waals surface area contributed by atoms with Crippen molar-refractivity contribution in [3.8, 4) is 5.75 Å². The smallest absolute Gasteiger partial charge is 0.321 e. The van der Waals surface area contributed by atoms with E-state index in [2.05, 4.69) is 36.2 Å². The van der Waals surface area contributed by atoms with Crippen molar-refractivity contribution in [2.24, 2.45) is 0 Å². The van der Waals surface area contributed by atoms with Crippen LogP contribution in [0.25, 0.3) is 0 Å². The summed E-state index contributed by atoms with van der Waals surface area (Å²) in [6, 6.07) is 17.9. The van der Waals surface area contributed by atoms with Gasteiger partial charge in [-0.25, -0.2) is 4.79 Å². The first-order valence-electron chi connectivity index (χ1n) is 12.8. The molecule has 1 unspecified atom stereocenters. The number of urea groups is 1. The van der Waals surface area contributed by atoms with E-state index in [9.17, 15) is 4.79 Å². The van der Waals surface area contributed by atoms with Gasteiger partial charge in [-0.05, 0) is 100 Å². The number of hydrogen-bond donors (Lipinski definition) is 1. The van der Waals surface area contributed by atoms with Gasteiger partial charge in [-0.1, -0.05) is 23.7 Å². The molecule has 0 aromatic heterocycles. The van der Waals surface area contributed by atoms with Crippen molar-refractivity contribution in [2.75, 3.05) is 18.4 Å². The summed E-state index contributed by atoms with van der Waals surface area (Å²) < 4.78 is 6.34. The van der Waals surface area contributed by atoms with E-state index < -0.39 is 0 Å². The number of carbonyl (C=O) groups excluding carboxylic acids is 1. The van der Waals surface area contributed by atoms with Gasteiger partial charge in [-0.15, -0.1) is 0 Å². The number of nitrogens with one attached hydrogen (secondary N) is 1. The Morgan fingerprint density at radius 2 is 1.56 bits per heavy atom. The second-order valence-electron chi connectivity index (χ2n) is 10.4. The molecule has 6 heteroatoms. The van der Waals surface area contributed by atoms with Crippen molar-refractivity contribution in [2.45, 2.75) is 82.5 Å². The molecule has 3 aliphatic heterocycles. The maximum atomic E-state index is 12.8. The van der Waals surface area contributed by atoms with Gasteiger partial charge in [0.1, 0.15) is 11.9 Å². The van der Waals surface area contributed by atoms with E-state index in [1.165, 1.54) is 18.4 Å². The summed E-state index contributed by atoms with van der Waals surface area (Å²) in [6.45, 7) is 6.14. The number of hydrogen-bond acceptors (Lipinski definition) is 3. The lowest BCUT2D eigenvalue weighted by molar-refractivity contribution is 0.0307. The molecule has 0 aliphatic carbocycles. The number of ether oxygens (including phenoxy) is 1. The minimum absolute atomic E-state index is 0.0270. The van der Waals surface area contributed by atoms with Crippen molar-refractivity contribution >= 4 is 23.3 Å². The van der Waals surface area contributed by atoms with E-state index in [1.807, 2.05) is 41.3 Å². The molecule has 2 amide bonds. The van der Waals surface area contributed by atoms with Gasteiger partial charge in [0, 0.05) is 41.9 Å². The highest BCUT2D eigenvalue weighted by atomic mass is 35.5. The summed E-state index contributed by atoms with van der Waals surface area (Å²) >= 11 is 6.01. The molecule has 3 fully saturated rings. The molecule has 0 radical (unpaired) electrons. The second kappa shape index (κ2) is 10.2. The van der Waals surface area contributed by atoms with Gasteiger partial charge in [0.05, 0.1) is 0 Å². The average molecular weight is 482 g/mol.